The molecule has 2 fully saturated rings. The number of methoxy groups -OCH3 is 1. The molecule has 2 amide bonds. The number of imide groups is 1. The zero-order chi connectivity index (χ0) is 31.5. The molecule has 2 saturated heterocycles. The summed E-state index contributed by atoms with van der Waals surface area (Å²) in [6.45, 7) is 2.88. The third kappa shape index (κ3) is 6.30. The minimum Gasteiger partial charge on any atom is -0.505 e. The first-order valence-corrected chi connectivity index (χ1v) is 15.7. The summed E-state index contributed by atoms with van der Waals surface area (Å²) in [5.74, 6) is -2.43. The number of benzene rings is 3. The summed E-state index contributed by atoms with van der Waals surface area (Å²) in [6.07, 6.45) is 5.53. The SMILES string of the molecule is CCC/C(=C\c1ccc(O)c(F)c1)CC[C@H]1OC[C@H]2C1=C(COC)C[C@H]1C(=O)N(c3ccc(Nc4ccccc4)cc3)C(=O)[C@H]12. The van der Waals surface area contributed by atoms with Crippen LogP contribution in [0.1, 0.15) is 44.6 Å². The number of ether oxygens (including phenoxy) is 2. The van der Waals surface area contributed by atoms with Gasteiger partial charge in [0.05, 0.1) is 36.8 Å². The standard InChI is InChI=1S/C37H39FN2O5/c1-3-7-23(18-24-10-16-32(41)31(38)19-24)11-17-33-34-25(21-44-2)20-29-35(30(34)22-45-33)37(43)40(36(29)42)28-14-12-27(13-15-28)39-26-8-5-4-6-9-26/h4-6,8-10,12-16,18-19,29-30,33,35,39,41H,3,7,11,17,20-22H2,1-2H3/b23-18+/t29-,30+,33-,35-/m1/s1. The van der Waals surface area contributed by atoms with Gasteiger partial charge in [-0.15, -0.1) is 0 Å². The van der Waals surface area contributed by atoms with E-state index in [9.17, 15) is 19.1 Å². The fourth-order valence-electron chi connectivity index (χ4n) is 7.17. The van der Waals surface area contributed by atoms with Crippen molar-refractivity contribution in [2.75, 3.05) is 30.5 Å². The molecule has 8 heteroatoms. The number of phenolic OH excluding ortho intramolecular Hbond substituents is 1. The van der Waals surface area contributed by atoms with Crippen molar-refractivity contribution in [1.82, 2.24) is 0 Å². The third-order valence-electron chi connectivity index (χ3n) is 9.16. The van der Waals surface area contributed by atoms with Crippen LogP contribution in [-0.2, 0) is 19.1 Å². The van der Waals surface area contributed by atoms with Gasteiger partial charge in [0.15, 0.2) is 11.6 Å². The molecule has 6 rings (SSSR count). The van der Waals surface area contributed by atoms with Crippen LogP contribution in [0.2, 0.25) is 0 Å². The Labute approximate surface area is 263 Å². The maximum Gasteiger partial charge on any atom is 0.238 e. The Balaban J connectivity index is 1.20. The van der Waals surface area contributed by atoms with Crippen LogP contribution in [0.25, 0.3) is 6.08 Å². The van der Waals surface area contributed by atoms with Crippen molar-refractivity contribution in [3.05, 3.63) is 101 Å². The lowest BCUT2D eigenvalue weighted by molar-refractivity contribution is -0.122. The van der Waals surface area contributed by atoms with Gasteiger partial charge in [-0.1, -0.05) is 49.3 Å². The van der Waals surface area contributed by atoms with Crippen LogP contribution in [0.5, 0.6) is 5.75 Å². The van der Waals surface area contributed by atoms with Crippen molar-refractivity contribution >= 4 is 35.0 Å². The Morgan fingerprint density at radius 1 is 1.02 bits per heavy atom. The molecule has 0 bridgehead atoms. The van der Waals surface area contributed by atoms with E-state index in [1.165, 1.54) is 22.6 Å². The van der Waals surface area contributed by atoms with E-state index in [4.69, 9.17) is 9.47 Å². The molecule has 1 aliphatic carbocycles. The molecule has 0 aromatic heterocycles. The van der Waals surface area contributed by atoms with Gasteiger partial charge in [0.2, 0.25) is 11.8 Å². The Bertz CT molecular complexity index is 1620. The summed E-state index contributed by atoms with van der Waals surface area (Å²) in [5.41, 5.74) is 6.43. The molecule has 3 aromatic rings. The number of nitrogens with zero attached hydrogens (tertiary/aromatic N) is 1. The highest BCUT2D eigenvalue weighted by atomic mass is 19.1. The summed E-state index contributed by atoms with van der Waals surface area (Å²) in [7, 11) is 1.65. The van der Waals surface area contributed by atoms with Gasteiger partial charge in [0.1, 0.15) is 0 Å². The van der Waals surface area contributed by atoms with E-state index in [0.29, 0.717) is 37.3 Å². The minimum atomic E-state index is -0.641. The van der Waals surface area contributed by atoms with Crippen LogP contribution in [0, 0.1) is 23.6 Å². The first kappa shape index (κ1) is 30.7. The molecule has 0 spiro atoms. The van der Waals surface area contributed by atoms with Crippen molar-refractivity contribution < 1.29 is 28.6 Å². The third-order valence-corrected chi connectivity index (χ3v) is 9.16. The van der Waals surface area contributed by atoms with E-state index in [2.05, 4.69) is 12.2 Å². The van der Waals surface area contributed by atoms with E-state index in [1.807, 2.05) is 60.7 Å². The number of para-hydroxylation sites is 1. The Morgan fingerprint density at radius 3 is 2.49 bits per heavy atom. The molecule has 0 radical (unpaired) electrons. The molecular formula is C37H39FN2O5. The zero-order valence-corrected chi connectivity index (χ0v) is 25.7. The van der Waals surface area contributed by atoms with Crippen molar-refractivity contribution in [1.29, 1.82) is 0 Å². The lowest BCUT2D eigenvalue weighted by Gasteiger charge is -2.31. The van der Waals surface area contributed by atoms with Gasteiger partial charge < -0.3 is 19.9 Å². The van der Waals surface area contributed by atoms with Crippen LogP contribution >= 0.6 is 0 Å². The molecule has 7 nitrogen and oxygen atoms in total. The second kappa shape index (κ2) is 13.4. The topological polar surface area (TPSA) is 88.1 Å². The molecule has 0 unspecified atom stereocenters. The first-order valence-electron chi connectivity index (χ1n) is 15.7. The quantitative estimate of drug-likeness (QED) is 0.174. The number of fused-ring (bicyclic) bond motifs is 3. The van der Waals surface area contributed by atoms with Gasteiger partial charge in [-0.05, 0) is 90.9 Å². The molecule has 3 aromatic carbocycles. The number of halogens is 1. The maximum absolute atomic E-state index is 14.0. The number of nitrogens with one attached hydrogen (secondary N) is 1. The number of carbonyl (C=O) groups excluding carboxylic acids is 2. The number of amides is 2. The molecule has 2 N–H and O–H groups in total. The normalized spacial score (nSPS) is 23.0. The summed E-state index contributed by atoms with van der Waals surface area (Å²) in [6, 6.07) is 21.6. The Kier molecular flexibility index (Phi) is 9.14. The average molecular weight is 611 g/mol. The Hall–Kier alpha value is -4.27. The number of allylic oxidation sites excluding steroid dienone is 1. The number of aromatic hydroxyl groups is 1. The second-order valence-corrected chi connectivity index (χ2v) is 12.1. The molecule has 45 heavy (non-hydrogen) atoms. The second-order valence-electron chi connectivity index (χ2n) is 12.1. The number of hydrogen-bond acceptors (Lipinski definition) is 6. The number of hydrogen-bond donors (Lipinski definition) is 2. The summed E-state index contributed by atoms with van der Waals surface area (Å²) < 4.78 is 25.9. The lowest BCUT2D eigenvalue weighted by Crippen LogP contribution is -2.35. The fraction of sp³-hybridized carbons (Fsp3) is 0.351. The molecule has 0 saturated carbocycles. The maximum atomic E-state index is 14.0. The monoisotopic (exact) mass is 610 g/mol. The lowest BCUT2D eigenvalue weighted by atomic mass is 9.69. The molecular weight excluding hydrogens is 571 g/mol. The van der Waals surface area contributed by atoms with Gasteiger partial charge in [-0.2, -0.15) is 0 Å². The highest BCUT2D eigenvalue weighted by Gasteiger charge is 2.57. The minimum absolute atomic E-state index is 0.167. The average Bonchev–Trinajstić information content (AvgIpc) is 3.57. The van der Waals surface area contributed by atoms with Gasteiger partial charge in [0, 0.05) is 24.4 Å². The van der Waals surface area contributed by atoms with E-state index < -0.39 is 17.7 Å². The highest BCUT2D eigenvalue weighted by Crippen LogP contribution is 2.50. The molecule has 2 heterocycles. The van der Waals surface area contributed by atoms with Gasteiger partial charge >= 0.3 is 0 Å². The largest absolute Gasteiger partial charge is 0.505 e. The van der Waals surface area contributed by atoms with E-state index in [1.54, 1.807) is 13.2 Å². The van der Waals surface area contributed by atoms with Crippen LogP contribution in [0.15, 0.2) is 89.5 Å². The predicted molar refractivity (Wildman–Crippen MR) is 173 cm³/mol. The number of carbonyl (C=O) groups is 2. The summed E-state index contributed by atoms with van der Waals surface area (Å²) in [5, 5.41) is 12.9. The van der Waals surface area contributed by atoms with Crippen LogP contribution in [0.4, 0.5) is 21.5 Å². The predicted octanol–water partition coefficient (Wildman–Crippen LogP) is 7.41. The summed E-state index contributed by atoms with van der Waals surface area (Å²) in [4.78, 5) is 29.1. The highest BCUT2D eigenvalue weighted by molar-refractivity contribution is 6.22. The van der Waals surface area contributed by atoms with Crippen LogP contribution in [0.3, 0.4) is 0 Å². The molecule has 3 aliphatic rings. The smallest absolute Gasteiger partial charge is 0.238 e. The van der Waals surface area contributed by atoms with Gasteiger partial charge in [-0.3, -0.25) is 14.5 Å². The first-order chi connectivity index (χ1) is 21.9. The van der Waals surface area contributed by atoms with E-state index in [0.717, 1.165) is 41.8 Å². The summed E-state index contributed by atoms with van der Waals surface area (Å²) >= 11 is 0. The zero-order valence-electron chi connectivity index (χ0n) is 25.7. The molecule has 234 valence electrons. The number of anilines is 3. The number of phenols is 1. The van der Waals surface area contributed by atoms with Crippen molar-refractivity contribution in [2.45, 2.75) is 45.1 Å². The fourth-order valence-corrected chi connectivity index (χ4v) is 7.17. The van der Waals surface area contributed by atoms with E-state index >= 15 is 0 Å². The van der Waals surface area contributed by atoms with Gasteiger partial charge in [0.25, 0.3) is 0 Å². The van der Waals surface area contributed by atoms with E-state index in [-0.39, 0.29) is 29.6 Å². The molecule has 4 atom stereocenters. The van der Waals surface area contributed by atoms with Crippen LogP contribution < -0.4 is 10.2 Å². The van der Waals surface area contributed by atoms with Crippen molar-refractivity contribution in [3.63, 3.8) is 0 Å². The molecule has 2 aliphatic heterocycles. The Morgan fingerprint density at radius 2 is 1.78 bits per heavy atom. The van der Waals surface area contributed by atoms with Crippen molar-refractivity contribution in [2.24, 2.45) is 17.8 Å². The van der Waals surface area contributed by atoms with Crippen LogP contribution in [-0.4, -0.2) is 43.3 Å². The van der Waals surface area contributed by atoms with Gasteiger partial charge in [-0.25, -0.2) is 4.39 Å². The van der Waals surface area contributed by atoms with Crippen molar-refractivity contribution in [3.8, 4) is 5.75 Å². The number of rotatable bonds is 11.